The van der Waals surface area contributed by atoms with Gasteiger partial charge in [0.15, 0.2) is 0 Å². The number of carbonyl (C=O) groups is 3. The number of ether oxygens (including phenoxy) is 1. The first-order valence-electron chi connectivity index (χ1n) is 10.5. The number of β-amino-alcohol motifs (C(OH)–C–C–N with tert-alkyl or cyclic N) is 1. The number of likely N-dealkylation sites (tertiary alicyclic amines) is 1. The molecule has 3 heterocycles. The molecule has 3 aliphatic rings. The number of aliphatic hydroxyl groups excluding tert-OH is 1. The van der Waals surface area contributed by atoms with Gasteiger partial charge in [0.05, 0.1) is 24.0 Å². The van der Waals surface area contributed by atoms with E-state index in [1.807, 2.05) is 27.7 Å². The molecule has 0 saturated carbocycles. The van der Waals surface area contributed by atoms with Crippen molar-refractivity contribution in [1.82, 2.24) is 15.5 Å². The van der Waals surface area contributed by atoms with Crippen LogP contribution in [0.15, 0.2) is 0 Å². The summed E-state index contributed by atoms with van der Waals surface area (Å²) in [5, 5.41) is 15.3. The van der Waals surface area contributed by atoms with Crippen LogP contribution in [0.4, 0.5) is 0 Å². The van der Waals surface area contributed by atoms with Gasteiger partial charge in [-0.25, -0.2) is 0 Å². The summed E-state index contributed by atoms with van der Waals surface area (Å²) in [6.07, 6.45) is 2.63. The van der Waals surface area contributed by atoms with Crippen LogP contribution < -0.4 is 10.6 Å². The fraction of sp³-hybridized carbons (Fsp3) is 0.850. The topological polar surface area (TPSA) is 108 Å². The highest BCUT2D eigenvalue weighted by atomic mass is 16.5. The fourth-order valence-corrected chi connectivity index (χ4v) is 5.49. The van der Waals surface area contributed by atoms with Crippen LogP contribution in [0.25, 0.3) is 0 Å². The Balaban J connectivity index is 2.03. The number of fused-ring (bicyclic) bond motifs is 1. The molecule has 3 fully saturated rings. The van der Waals surface area contributed by atoms with Crippen LogP contribution >= 0.6 is 0 Å². The molecule has 3 saturated heterocycles. The monoisotopic (exact) mass is 395 g/mol. The van der Waals surface area contributed by atoms with E-state index in [4.69, 9.17) is 4.74 Å². The molecule has 3 N–H and O–H groups in total. The lowest BCUT2D eigenvalue weighted by atomic mass is 9.65. The van der Waals surface area contributed by atoms with Gasteiger partial charge in [0.1, 0.15) is 11.6 Å². The zero-order valence-corrected chi connectivity index (χ0v) is 17.3. The van der Waals surface area contributed by atoms with Gasteiger partial charge >= 0.3 is 0 Å². The standard InChI is InChI=1S/C20H33N3O5/c1-5-9-21-16(25)13-14-18(27)23(10-11-24)15(17(26)22-12(3)4)20(14)8-7-19(13,6-2)28-20/h12-15,24H,5-11H2,1-4H3,(H,21,25)(H,22,26)/t13-,14-,15?,19+,20?/m0/s1. The zero-order valence-electron chi connectivity index (χ0n) is 17.3. The van der Waals surface area contributed by atoms with Crippen LogP contribution in [-0.4, -0.2) is 70.7 Å². The number of aliphatic hydroxyl groups is 1. The SMILES string of the molecule is CCCNC(=O)[C@@H]1[C@H]2C(=O)N(CCO)C(C(=O)NC(C)C)C23CC[C@@]1(CC)O3. The van der Waals surface area contributed by atoms with E-state index in [1.54, 1.807) is 0 Å². The maximum Gasteiger partial charge on any atom is 0.246 e. The van der Waals surface area contributed by atoms with E-state index in [1.165, 1.54) is 4.90 Å². The summed E-state index contributed by atoms with van der Waals surface area (Å²) >= 11 is 0. The molecule has 0 aromatic rings. The van der Waals surface area contributed by atoms with Crippen molar-refractivity contribution in [2.45, 2.75) is 76.7 Å². The molecule has 8 heteroatoms. The van der Waals surface area contributed by atoms with E-state index in [0.717, 1.165) is 6.42 Å². The lowest BCUT2D eigenvalue weighted by Crippen LogP contribution is -2.56. The van der Waals surface area contributed by atoms with Crippen molar-refractivity contribution in [3.05, 3.63) is 0 Å². The summed E-state index contributed by atoms with van der Waals surface area (Å²) in [6, 6.07) is -0.909. The van der Waals surface area contributed by atoms with Gasteiger partial charge in [-0.15, -0.1) is 0 Å². The number of carbonyl (C=O) groups excluding carboxylic acids is 3. The van der Waals surface area contributed by atoms with E-state index >= 15 is 0 Å². The Bertz CT molecular complexity index is 654. The Morgan fingerprint density at radius 3 is 2.57 bits per heavy atom. The maximum atomic E-state index is 13.4. The van der Waals surface area contributed by atoms with Crippen molar-refractivity contribution >= 4 is 17.7 Å². The van der Waals surface area contributed by atoms with Gasteiger partial charge in [-0.1, -0.05) is 13.8 Å². The van der Waals surface area contributed by atoms with E-state index in [9.17, 15) is 19.5 Å². The molecule has 0 aliphatic carbocycles. The summed E-state index contributed by atoms with van der Waals surface area (Å²) in [7, 11) is 0. The number of hydrogen-bond donors (Lipinski definition) is 3. The average molecular weight is 396 g/mol. The van der Waals surface area contributed by atoms with Crippen molar-refractivity contribution in [3.8, 4) is 0 Å². The molecule has 2 bridgehead atoms. The van der Waals surface area contributed by atoms with Crippen molar-refractivity contribution in [1.29, 1.82) is 0 Å². The molecule has 0 aromatic heterocycles. The van der Waals surface area contributed by atoms with Gasteiger partial charge in [0.25, 0.3) is 0 Å². The molecule has 28 heavy (non-hydrogen) atoms. The summed E-state index contributed by atoms with van der Waals surface area (Å²) < 4.78 is 6.53. The van der Waals surface area contributed by atoms with Crippen molar-refractivity contribution < 1.29 is 24.2 Å². The second-order valence-electron chi connectivity index (χ2n) is 8.54. The van der Waals surface area contributed by atoms with Crippen LogP contribution in [0.1, 0.15) is 53.4 Å². The molecule has 8 nitrogen and oxygen atoms in total. The minimum Gasteiger partial charge on any atom is -0.395 e. The molecule has 5 atom stereocenters. The Kier molecular flexibility index (Phi) is 5.74. The first-order valence-corrected chi connectivity index (χ1v) is 10.5. The predicted octanol–water partition coefficient (Wildman–Crippen LogP) is 0.184. The third-order valence-electron chi connectivity index (χ3n) is 6.53. The zero-order chi connectivity index (χ0) is 20.7. The molecule has 3 aliphatic heterocycles. The van der Waals surface area contributed by atoms with Crippen molar-refractivity contribution in [2.24, 2.45) is 11.8 Å². The number of nitrogens with zero attached hydrogens (tertiary/aromatic N) is 1. The first-order chi connectivity index (χ1) is 13.3. The maximum absolute atomic E-state index is 13.4. The fourth-order valence-electron chi connectivity index (χ4n) is 5.49. The Morgan fingerprint density at radius 1 is 1.29 bits per heavy atom. The van der Waals surface area contributed by atoms with E-state index in [2.05, 4.69) is 10.6 Å². The summed E-state index contributed by atoms with van der Waals surface area (Å²) in [5.41, 5.74) is -1.71. The van der Waals surface area contributed by atoms with Gasteiger partial charge in [-0.2, -0.15) is 0 Å². The smallest absolute Gasteiger partial charge is 0.246 e. The summed E-state index contributed by atoms with van der Waals surface area (Å²) in [4.78, 5) is 40.9. The minimum absolute atomic E-state index is 0.0546. The number of amides is 3. The Hall–Kier alpha value is -1.67. The van der Waals surface area contributed by atoms with E-state index in [-0.39, 0.29) is 36.9 Å². The van der Waals surface area contributed by atoms with Crippen LogP contribution in [0.3, 0.4) is 0 Å². The van der Waals surface area contributed by atoms with Crippen LogP contribution in [0.5, 0.6) is 0 Å². The van der Waals surface area contributed by atoms with Crippen LogP contribution in [-0.2, 0) is 19.1 Å². The van der Waals surface area contributed by atoms with Gasteiger partial charge < -0.3 is 25.4 Å². The van der Waals surface area contributed by atoms with Gasteiger partial charge in [0.2, 0.25) is 17.7 Å². The number of hydrogen-bond acceptors (Lipinski definition) is 5. The van der Waals surface area contributed by atoms with E-state index in [0.29, 0.717) is 25.8 Å². The lowest BCUT2D eigenvalue weighted by molar-refractivity contribution is -0.148. The highest BCUT2D eigenvalue weighted by Gasteiger charge is 2.78. The quantitative estimate of drug-likeness (QED) is 0.544. The molecular weight excluding hydrogens is 362 g/mol. The molecule has 0 radical (unpaired) electrons. The van der Waals surface area contributed by atoms with Gasteiger partial charge in [-0.05, 0) is 39.5 Å². The molecule has 0 aromatic carbocycles. The summed E-state index contributed by atoms with van der Waals surface area (Å²) in [6.45, 7) is 8.03. The molecule has 3 rings (SSSR count). The second kappa shape index (κ2) is 7.63. The van der Waals surface area contributed by atoms with Crippen molar-refractivity contribution in [2.75, 3.05) is 19.7 Å². The highest BCUT2D eigenvalue weighted by Crippen LogP contribution is 2.64. The summed E-state index contributed by atoms with van der Waals surface area (Å²) in [5.74, 6) is -2.00. The number of nitrogens with one attached hydrogen (secondary N) is 2. The third kappa shape index (κ3) is 2.92. The van der Waals surface area contributed by atoms with Crippen LogP contribution in [0, 0.1) is 11.8 Å². The second-order valence-corrected chi connectivity index (χ2v) is 8.54. The normalized spacial score (nSPS) is 36.1. The van der Waals surface area contributed by atoms with E-state index < -0.39 is 29.1 Å². The van der Waals surface area contributed by atoms with Gasteiger partial charge in [0, 0.05) is 19.1 Å². The third-order valence-corrected chi connectivity index (χ3v) is 6.53. The Morgan fingerprint density at radius 2 is 2.00 bits per heavy atom. The lowest BCUT2D eigenvalue weighted by Gasteiger charge is -2.33. The Labute approximate surface area is 166 Å². The molecule has 3 amide bonds. The molecular formula is C20H33N3O5. The molecule has 1 spiro atoms. The molecule has 158 valence electrons. The number of rotatable bonds is 8. The minimum atomic E-state index is -1.00. The average Bonchev–Trinajstić information content (AvgIpc) is 3.24. The van der Waals surface area contributed by atoms with Crippen LogP contribution in [0.2, 0.25) is 0 Å². The predicted molar refractivity (Wildman–Crippen MR) is 102 cm³/mol. The highest BCUT2D eigenvalue weighted by molar-refractivity contribution is 5.99. The first kappa shape index (κ1) is 21.0. The largest absolute Gasteiger partial charge is 0.395 e. The van der Waals surface area contributed by atoms with Gasteiger partial charge in [-0.3, -0.25) is 14.4 Å². The van der Waals surface area contributed by atoms with Crippen molar-refractivity contribution in [3.63, 3.8) is 0 Å². The molecule has 2 unspecified atom stereocenters.